The van der Waals surface area contributed by atoms with E-state index in [0.29, 0.717) is 38.1 Å². The lowest BCUT2D eigenvalue weighted by molar-refractivity contribution is -0.139. The Bertz CT molecular complexity index is 977. The number of unbranched alkanes of at least 4 members (excludes halogenated alkanes) is 2. The maximum Gasteiger partial charge on any atom is 0.244 e. The number of hydrogen-bond donors (Lipinski definition) is 3. The number of nitrogens with one attached hydrogen (secondary N) is 2. The molecule has 3 heterocycles. The topological polar surface area (TPSA) is 108 Å². The van der Waals surface area contributed by atoms with Crippen LogP contribution in [0.4, 0.5) is 5.69 Å². The van der Waals surface area contributed by atoms with Gasteiger partial charge in [0.15, 0.2) is 0 Å². The molecule has 198 valence electrons. The highest BCUT2D eigenvalue weighted by Crippen LogP contribution is 2.67. The Hall–Kier alpha value is -1.78. The average Bonchev–Trinajstić information content (AvgIpc) is 3.41. The highest BCUT2D eigenvalue weighted by Gasteiger charge is 2.75. The first-order valence-electron chi connectivity index (χ1n) is 12.8. The van der Waals surface area contributed by atoms with Gasteiger partial charge >= 0.3 is 0 Å². The summed E-state index contributed by atoms with van der Waals surface area (Å²) in [5, 5.41) is 15.1. The van der Waals surface area contributed by atoms with Gasteiger partial charge in [0.2, 0.25) is 17.7 Å². The van der Waals surface area contributed by atoms with Gasteiger partial charge in [0.1, 0.15) is 11.8 Å². The molecular formula is C26H36BrN3O5S. The van der Waals surface area contributed by atoms with Crippen LogP contribution >= 0.6 is 27.7 Å². The molecule has 0 saturated carbocycles. The van der Waals surface area contributed by atoms with E-state index in [2.05, 4.69) is 26.6 Å². The molecule has 1 aromatic carbocycles. The van der Waals surface area contributed by atoms with Crippen LogP contribution < -0.4 is 15.4 Å². The van der Waals surface area contributed by atoms with Crippen LogP contribution in [0.25, 0.3) is 0 Å². The van der Waals surface area contributed by atoms with Crippen molar-refractivity contribution in [3.05, 3.63) is 24.3 Å². The molecule has 1 aromatic rings. The van der Waals surface area contributed by atoms with Gasteiger partial charge in [-0.3, -0.25) is 14.4 Å². The number of likely N-dealkylation sites (tertiary alicyclic amines) is 1. The third-order valence-electron chi connectivity index (χ3n) is 7.26. The molecule has 0 radical (unpaired) electrons. The lowest BCUT2D eigenvalue weighted by Crippen LogP contribution is -2.55. The molecule has 0 aliphatic carbocycles. The molecule has 8 nitrogen and oxygen atoms in total. The maximum absolute atomic E-state index is 13.9. The fourth-order valence-corrected chi connectivity index (χ4v) is 9.54. The number of halogens is 1. The number of aliphatic hydroxyl groups excluding tert-OH is 1. The summed E-state index contributed by atoms with van der Waals surface area (Å²) in [7, 11) is 0. The second kappa shape index (κ2) is 11.3. The third-order valence-corrected chi connectivity index (χ3v) is 10.5. The van der Waals surface area contributed by atoms with E-state index >= 15 is 0 Å². The number of alkyl halides is 1. The van der Waals surface area contributed by atoms with Gasteiger partial charge in [0.05, 0.1) is 23.2 Å². The molecule has 3 saturated heterocycles. The van der Waals surface area contributed by atoms with Crippen molar-refractivity contribution in [2.24, 2.45) is 11.8 Å². The number of carbonyl (C=O) groups is 3. The molecule has 3 aliphatic rings. The van der Waals surface area contributed by atoms with Gasteiger partial charge in [-0.05, 0) is 70.7 Å². The molecule has 2 bridgehead atoms. The van der Waals surface area contributed by atoms with Crippen molar-refractivity contribution in [1.29, 1.82) is 0 Å². The molecule has 36 heavy (non-hydrogen) atoms. The van der Waals surface area contributed by atoms with Crippen LogP contribution in [0.1, 0.15) is 46.5 Å². The zero-order chi connectivity index (χ0) is 26.0. The van der Waals surface area contributed by atoms with Crippen molar-refractivity contribution in [2.75, 3.05) is 25.1 Å². The first-order chi connectivity index (χ1) is 17.2. The monoisotopic (exact) mass is 581 g/mol. The minimum absolute atomic E-state index is 0.0336. The molecule has 3 fully saturated rings. The lowest BCUT2D eigenvalue weighted by atomic mass is 9.70. The summed E-state index contributed by atoms with van der Waals surface area (Å²) in [5.41, 5.74) is 0.650. The second-order valence-electron chi connectivity index (χ2n) is 10.1. The number of nitrogens with zero attached hydrogens (tertiary/aromatic N) is 1. The van der Waals surface area contributed by atoms with Crippen molar-refractivity contribution in [3.63, 3.8) is 0 Å². The molecule has 1 spiro atoms. The largest absolute Gasteiger partial charge is 0.494 e. The van der Waals surface area contributed by atoms with Crippen molar-refractivity contribution < 1.29 is 24.2 Å². The van der Waals surface area contributed by atoms with Crippen molar-refractivity contribution in [1.82, 2.24) is 10.2 Å². The van der Waals surface area contributed by atoms with Gasteiger partial charge in [0, 0.05) is 35.0 Å². The highest BCUT2D eigenvalue weighted by atomic mass is 79.9. The normalized spacial score (nSPS) is 30.6. The fraction of sp³-hybridized carbons (Fsp3) is 0.654. The quantitative estimate of drug-likeness (QED) is 0.273. The zero-order valence-corrected chi connectivity index (χ0v) is 23.4. The summed E-state index contributed by atoms with van der Waals surface area (Å²) in [6.07, 6.45) is 2.80. The first-order valence-corrected chi connectivity index (χ1v) is 14.6. The number of ether oxygens (including phenoxy) is 1. The number of amides is 3. The van der Waals surface area contributed by atoms with E-state index in [1.807, 2.05) is 32.9 Å². The predicted octanol–water partition coefficient (Wildman–Crippen LogP) is 3.18. The number of anilines is 1. The van der Waals surface area contributed by atoms with Crippen LogP contribution in [0.5, 0.6) is 5.75 Å². The van der Waals surface area contributed by atoms with E-state index in [1.165, 1.54) is 0 Å². The minimum Gasteiger partial charge on any atom is -0.494 e. The number of fused-ring (bicyclic) bond motifs is 1. The van der Waals surface area contributed by atoms with Crippen molar-refractivity contribution >= 4 is 51.1 Å². The number of rotatable bonds is 11. The smallest absolute Gasteiger partial charge is 0.244 e. The molecule has 0 aromatic heterocycles. The summed E-state index contributed by atoms with van der Waals surface area (Å²) >= 11 is 5.42. The summed E-state index contributed by atoms with van der Waals surface area (Å²) in [4.78, 5) is 42.8. The van der Waals surface area contributed by atoms with Gasteiger partial charge in [-0.2, -0.15) is 0 Å². The van der Waals surface area contributed by atoms with Crippen molar-refractivity contribution in [2.45, 2.75) is 73.4 Å². The average molecular weight is 583 g/mol. The van der Waals surface area contributed by atoms with Gasteiger partial charge in [0.25, 0.3) is 0 Å². The number of aliphatic hydroxyl groups is 1. The molecule has 3 amide bonds. The Kier molecular flexibility index (Phi) is 8.56. The third kappa shape index (κ3) is 5.00. The van der Waals surface area contributed by atoms with Crippen LogP contribution in [0, 0.1) is 11.8 Å². The minimum atomic E-state index is -0.646. The zero-order valence-electron chi connectivity index (χ0n) is 21.0. The van der Waals surface area contributed by atoms with Crippen LogP contribution in [0.3, 0.4) is 0 Å². The summed E-state index contributed by atoms with van der Waals surface area (Å²) < 4.78 is 4.84. The summed E-state index contributed by atoms with van der Waals surface area (Å²) in [6, 6.07) is 6.54. The van der Waals surface area contributed by atoms with E-state index in [1.54, 1.807) is 28.8 Å². The Morgan fingerprint density at radius 3 is 2.58 bits per heavy atom. The molecule has 3 N–H and O–H groups in total. The van der Waals surface area contributed by atoms with Gasteiger partial charge in [-0.15, -0.1) is 11.8 Å². The Labute approximate surface area is 225 Å². The molecule has 3 unspecified atom stereocenters. The van der Waals surface area contributed by atoms with Crippen LogP contribution in [-0.4, -0.2) is 74.4 Å². The van der Waals surface area contributed by atoms with Crippen molar-refractivity contribution in [3.8, 4) is 5.75 Å². The number of hydrogen-bond acceptors (Lipinski definition) is 6. The first kappa shape index (κ1) is 27.3. The van der Waals surface area contributed by atoms with Gasteiger partial charge in [-0.1, -0.05) is 15.9 Å². The summed E-state index contributed by atoms with van der Waals surface area (Å²) in [6.45, 7) is 6.85. The Morgan fingerprint density at radius 1 is 1.22 bits per heavy atom. The van der Waals surface area contributed by atoms with Gasteiger partial charge in [-0.25, -0.2) is 0 Å². The fourth-order valence-electron chi connectivity index (χ4n) is 5.93. The predicted molar refractivity (Wildman–Crippen MR) is 144 cm³/mol. The van der Waals surface area contributed by atoms with E-state index in [9.17, 15) is 14.4 Å². The second-order valence-corrected chi connectivity index (χ2v) is 12.8. The number of benzene rings is 1. The number of carbonyl (C=O) groups excluding carboxylic acids is 3. The molecular weight excluding hydrogens is 546 g/mol. The molecule has 10 heteroatoms. The van der Waals surface area contributed by atoms with Crippen LogP contribution in [0.15, 0.2) is 24.3 Å². The van der Waals surface area contributed by atoms with E-state index in [0.717, 1.165) is 12.2 Å². The maximum atomic E-state index is 13.9. The highest BCUT2D eigenvalue weighted by molar-refractivity contribution is 9.09. The Balaban J connectivity index is 1.60. The van der Waals surface area contributed by atoms with E-state index < -0.39 is 22.6 Å². The summed E-state index contributed by atoms with van der Waals surface area (Å²) in [5.74, 6) is -0.806. The lowest BCUT2D eigenvalue weighted by Gasteiger charge is -2.35. The van der Waals surface area contributed by atoms with Crippen LogP contribution in [-0.2, 0) is 14.4 Å². The standard InChI is InChI=1S/C26H36BrN3O5S/c1-4-35-17-10-8-16(9-11-17)29-23(32)19-20-25(34)30(12-6-5-7-13-31)22(24(33)28-15(2)3)26(20)14-18(27)21(19)36-26/h8-11,15,18-22,31H,4-7,12-14H2,1-3H3,(H,28,33)(H,29,32)/t18?,19-,20+,21-,22?,26?/m1/s1. The van der Waals surface area contributed by atoms with Gasteiger partial charge < -0.3 is 25.4 Å². The molecule has 4 rings (SSSR count). The molecule has 6 atom stereocenters. The van der Waals surface area contributed by atoms with Crippen LogP contribution in [0.2, 0.25) is 0 Å². The number of thioether (sulfide) groups is 1. The SMILES string of the molecule is CCOc1ccc(NC(=O)[C@H]2[C@@H]3SC4(CC3Br)C(C(=O)NC(C)C)N(CCCCCO)C(=O)[C@H]24)cc1. The Morgan fingerprint density at radius 2 is 1.94 bits per heavy atom. The molecule has 3 aliphatic heterocycles. The van der Waals surface area contributed by atoms with E-state index in [4.69, 9.17) is 9.84 Å². The van der Waals surface area contributed by atoms with E-state index in [-0.39, 0.29) is 40.4 Å².